The molecule has 0 bridgehead atoms. The zero-order valence-corrected chi connectivity index (χ0v) is 20.9. The Hall–Kier alpha value is -3.19. The zero-order valence-electron chi connectivity index (χ0n) is 20.9. The molecule has 1 aromatic heterocycles. The summed E-state index contributed by atoms with van der Waals surface area (Å²) in [5.74, 6) is 0.855. The van der Waals surface area contributed by atoms with Crippen molar-refractivity contribution in [2.75, 3.05) is 32.8 Å². The Bertz CT molecular complexity index is 1150. The molecule has 2 aromatic carbocycles. The van der Waals surface area contributed by atoms with Crippen LogP contribution in [0.4, 0.5) is 0 Å². The van der Waals surface area contributed by atoms with Crippen LogP contribution in [0.3, 0.4) is 0 Å². The molecule has 0 aliphatic carbocycles. The summed E-state index contributed by atoms with van der Waals surface area (Å²) >= 11 is 0. The lowest BCUT2D eigenvalue weighted by atomic mass is 9.84. The van der Waals surface area contributed by atoms with Crippen molar-refractivity contribution in [3.05, 3.63) is 53.6 Å². The van der Waals surface area contributed by atoms with Gasteiger partial charge in [0.1, 0.15) is 5.52 Å². The van der Waals surface area contributed by atoms with E-state index in [-0.39, 0.29) is 23.7 Å². The van der Waals surface area contributed by atoms with Crippen LogP contribution in [0.25, 0.3) is 22.6 Å². The van der Waals surface area contributed by atoms with Gasteiger partial charge in [-0.2, -0.15) is 0 Å². The number of hydrogen-bond donors (Lipinski definition) is 1. The van der Waals surface area contributed by atoms with E-state index in [1.54, 1.807) is 6.07 Å². The first kappa shape index (κ1) is 24.9. The van der Waals surface area contributed by atoms with Crippen molar-refractivity contribution in [3.63, 3.8) is 0 Å². The quantitative estimate of drug-likeness (QED) is 0.446. The molecule has 1 unspecified atom stereocenters. The first-order chi connectivity index (χ1) is 17.0. The molecule has 7 heteroatoms. The normalized spacial score (nSPS) is 15.3. The van der Waals surface area contributed by atoms with Gasteiger partial charge in [0.25, 0.3) is 5.91 Å². The zero-order chi connectivity index (χ0) is 24.8. The van der Waals surface area contributed by atoms with Gasteiger partial charge in [-0.3, -0.25) is 9.59 Å². The highest BCUT2D eigenvalue weighted by atomic mass is 16.5. The van der Waals surface area contributed by atoms with Gasteiger partial charge in [-0.15, -0.1) is 0 Å². The summed E-state index contributed by atoms with van der Waals surface area (Å²) < 4.78 is 11.2. The molecule has 35 heavy (non-hydrogen) atoms. The fourth-order valence-corrected chi connectivity index (χ4v) is 4.57. The fourth-order valence-electron chi connectivity index (χ4n) is 4.57. The SMILES string of the molecule is CCOCCCNC(=O)C(C)C1CCN(C(=O)c2ccc3oc(-c4ccc(C)cc4)nc3c2)CC1. The second-order valence-corrected chi connectivity index (χ2v) is 9.33. The van der Waals surface area contributed by atoms with Crippen LogP contribution in [-0.4, -0.2) is 54.5 Å². The van der Waals surface area contributed by atoms with E-state index < -0.39 is 0 Å². The van der Waals surface area contributed by atoms with Gasteiger partial charge in [0.05, 0.1) is 0 Å². The minimum absolute atomic E-state index is 0.00161. The molecule has 186 valence electrons. The monoisotopic (exact) mass is 477 g/mol. The number of carbonyl (C=O) groups excluding carboxylic acids is 2. The number of benzene rings is 2. The molecule has 3 aromatic rings. The van der Waals surface area contributed by atoms with Gasteiger partial charge < -0.3 is 19.4 Å². The van der Waals surface area contributed by atoms with Crippen LogP contribution in [-0.2, 0) is 9.53 Å². The average Bonchev–Trinajstić information content (AvgIpc) is 3.31. The van der Waals surface area contributed by atoms with Crippen molar-refractivity contribution >= 4 is 22.9 Å². The number of aromatic nitrogens is 1. The average molecular weight is 478 g/mol. The molecule has 2 amide bonds. The van der Waals surface area contributed by atoms with Gasteiger partial charge in [-0.1, -0.05) is 24.6 Å². The van der Waals surface area contributed by atoms with Gasteiger partial charge in [0, 0.05) is 49.9 Å². The molecule has 7 nitrogen and oxygen atoms in total. The maximum Gasteiger partial charge on any atom is 0.253 e. The summed E-state index contributed by atoms with van der Waals surface area (Å²) in [6.07, 6.45) is 2.47. The Balaban J connectivity index is 1.32. The molecule has 1 fully saturated rings. The van der Waals surface area contributed by atoms with Crippen LogP contribution in [0.2, 0.25) is 0 Å². The Morgan fingerprint density at radius 1 is 1.17 bits per heavy atom. The molecule has 1 atom stereocenters. The van der Waals surface area contributed by atoms with E-state index in [1.165, 1.54) is 5.56 Å². The van der Waals surface area contributed by atoms with E-state index in [2.05, 4.69) is 10.3 Å². The van der Waals surface area contributed by atoms with E-state index in [4.69, 9.17) is 9.15 Å². The summed E-state index contributed by atoms with van der Waals surface area (Å²) in [4.78, 5) is 32.2. The number of hydrogen-bond acceptors (Lipinski definition) is 5. The summed E-state index contributed by atoms with van der Waals surface area (Å²) in [6.45, 7) is 9.29. The Kier molecular flexibility index (Phi) is 8.18. The molecule has 1 N–H and O–H groups in total. The lowest BCUT2D eigenvalue weighted by molar-refractivity contribution is -0.126. The van der Waals surface area contributed by atoms with Crippen LogP contribution in [0.1, 0.15) is 49.0 Å². The van der Waals surface area contributed by atoms with Gasteiger partial charge in [-0.25, -0.2) is 4.98 Å². The summed E-state index contributed by atoms with van der Waals surface area (Å²) in [5, 5.41) is 3.02. The number of nitrogens with zero attached hydrogens (tertiary/aromatic N) is 2. The molecule has 0 spiro atoms. The van der Waals surface area contributed by atoms with Gasteiger partial charge in [0.2, 0.25) is 11.8 Å². The van der Waals surface area contributed by atoms with Crippen molar-refractivity contribution in [2.45, 2.75) is 40.0 Å². The predicted octanol–water partition coefficient (Wildman–Crippen LogP) is 4.83. The summed E-state index contributed by atoms with van der Waals surface area (Å²) in [7, 11) is 0. The number of aryl methyl sites for hydroxylation is 1. The summed E-state index contributed by atoms with van der Waals surface area (Å²) in [5.41, 5.74) is 4.04. The van der Waals surface area contributed by atoms with Crippen LogP contribution in [0.5, 0.6) is 0 Å². The van der Waals surface area contributed by atoms with E-state index in [1.807, 2.05) is 62.1 Å². The molecule has 4 rings (SSSR count). The number of piperidine rings is 1. The fraction of sp³-hybridized carbons (Fsp3) is 0.464. The molecule has 1 aliphatic rings. The molecular weight excluding hydrogens is 442 g/mol. The molecule has 1 saturated heterocycles. The minimum Gasteiger partial charge on any atom is -0.436 e. The number of fused-ring (bicyclic) bond motifs is 1. The van der Waals surface area contributed by atoms with E-state index in [0.717, 1.165) is 24.8 Å². The third-order valence-corrected chi connectivity index (χ3v) is 6.85. The van der Waals surface area contributed by atoms with Crippen LogP contribution in [0, 0.1) is 18.8 Å². The molecule has 0 radical (unpaired) electrons. The van der Waals surface area contributed by atoms with Crippen molar-refractivity contribution in [1.29, 1.82) is 0 Å². The maximum atomic E-state index is 13.2. The lowest BCUT2D eigenvalue weighted by Crippen LogP contribution is -2.42. The number of ether oxygens (including phenoxy) is 1. The number of likely N-dealkylation sites (tertiary alicyclic amines) is 1. The highest BCUT2D eigenvalue weighted by Crippen LogP contribution is 2.28. The minimum atomic E-state index is -0.0639. The second-order valence-electron chi connectivity index (χ2n) is 9.33. The van der Waals surface area contributed by atoms with E-state index in [0.29, 0.717) is 55.4 Å². The number of nitrogens with one attached hydrogen (secondary N) is 1. The van der Waals surface area contributed by atoms with Gasteiger partial charge in [0.15, 0.2) is 5.58 Å². The Labute approximate surface area is 206 Å². The van der Waals surface area contributed by atoms with Crippen molar-refractivity contribution < 1.29 is 18.7 Å². The third-order valence-electron chi connectivity index (χ3n) is 6.85. The number of carbonyl (C=O) groups is 2. The van der Waals surface area contributed by atoms with Gasteiger partial charge >= 0.3 is 0 Å². The largest absolute Gasteiger partial charge is 0.436 e. The van der Waals surface area contributed by atoms with Crippen molar-refractivity contribution in [2.24, 2.45) is 11.8 Å². The molecular formula is C28H35N3O4. The predicted molar refractivity (Wildman–Crippen MR) is 136 cm³/mol. The lowest BCUT2D eigenvalue weighted by Gasteiger charge is -2.34. The third kappa shape index (κ3) is 6.09. The standard InChI is InChI=1S/C28H35N3O4/c1-4-34-17-5-14-29-26(32)20(3)21-12-15-31(16-13-21)28(33)23-10-11-25-24(18-23)30-27(35-25)22-8-6-19(2)7-9-22/h6-11,18,20-21H,4-5,12-17H2,1-3H3,(H,29,32). The first-order valence-electron chi connectivity index (χ1n) is 12.6. The number of rotatable bonds is 9. The van der Waals surface area contributed by atoms with Crippen LogP contribution >= 0.6 is 0 Å². The van der Waals surface area contributed by atoms with Crippen molar-refractivity contribution in [3.8, 4) is 11.5 Å². The highest BCUT2D eigenvalue weighted by Gasteiger charge is 2.30. The maximum absolute atomic E-state index is 13.2. The molecule has 1 aliphatic heterocycles. The van der Waals surface area contributed by atoms with Gasteiger partial charge in [-0.05, 0) is 69.4 Å². The van der Waals surface area contributed by atoms with Crippen LogP contribution < -0.4 is 5.32 Å². The van der Waals surface area contributed by atoms with Crippen molar-refractivity contribution in [1.82, 2.24) is 15.2 Å². The number of oxazole rings is 1. The van der Waals surface area contributed by atoms with E-state index in [9.17, 15) is 9.59 Å². The Morgan fingerprint density at radius 3 is 2.63 bits per heavy atom. The second kappa shape index (κ2) is 11.5. The van der Waals surface area contributed by atoms with E-state index >= 15 is 0 Å². The highest BCUT2D eigenvalue weighted by molar-refractivity contribution is 5.97. The number of amides is 2. The Morgan fingerprint density at radius 2 is 1.91 bits per heavy atom. The summed E-state index contributed by atoms with van der Waals surface area (Å²) in [6, 6.07) is 13.4. The topological polar surface area (TPSA) is 84.7 Å². The molecule has 0 saturated carbocycles. The van der Waals surface area contributed by atoms with Crippen LogP contribution in [0.15, 0.2) is 46.9 Å². The molecule has 2 heterocycles. The smallest absolute Gasteiger partial charge is 0.253 e. The first-order valence-corrected chi connectivity index (χ1v) is 12.6.